The van der Waals surface area contributed by atoms with Gasteiger partial charge in [-0.2, -0.15) is 5.10 Å². The van der Waals surface area contributed by atoms with Crippen molar-refractivity contribution in [3.8, 4) is 5.69 Å². The number of thiazole rings is 1. The van der Waals surface area contributed by atoms with Gasteiger partial charge in [0.15, 0.2) is 0 Å². The average Bonchev–Trinajstić information content (AvgIpc) is 3.17. The number of aryl methyl sites for hydroxylation is 1. The van der Waals surface area contributed by atoms with E-state index >= 15 is 0 Å². The molecule has 4 rings (SSSR count). The number of hydrogen-bond donors (Lipinski definition) is 1. The van der Waals surface area contributed by atoms with Crippen molar-refractivity contribution in [3.63, 3.8) is 0 Å². The summed E-state index contributed by atoms with van der Waals surface area (Å²) >= 11 is 7.59. The van der Waals surface area contributed by atoms with Crippen LogP contribution < -0.4 is 5.43 Å². The van der Waals surface area contributed by atoms with Crippen molar-refractivity contribution in [1.82, 2.24) is 9.55 Å². The highest BCUT2D eigenvalue weighted by Crippen LogP contribution is 2.25. The molecule has 0 aliphatic rings. The number of fused-ring (bicyclic) bond motifs is 1. The Morgan fingerprint density at radius 2 is 1.88 bits per heavy atom. The molecule has 0 fully saturated rings. The molecule has 0 atom stereocenters. The summed E-state index contributed by atoms with van der Waals surface area (Å²) in [6.07, 6.45) is 1.83. The van der Waals surface area contributed by atoms with Gasteiger partial charge >= 0.3 is 0 Å². The van der Waals surface area contributed by atoms with Gasteiger partial charge in [0.05, 0.1) is 16.4 Å². The highest BCUT2D eigenvalue weighted by molar-refractivity contribution is 7.22. The molecule has 2 aromatic carbocycles. The molecule has 4 aromatic rings. The zero-order valence-corrected chi connectivity index (χ0v) is 16.0. The normalized spacial score (nSPS) is 11.5. The van der Waals surface area contributed by atoms with Gasteiger partial charge in [-0.3, -0.25) is 5.43 Å². The minimum atomic E-state index is 0.734. The Bertz CT molecular complexity index is 1060. The molecule has 0 aliphatic heterocycles. The van der Waals surface area contributed by atoms with Crippen molar-refractivity contribution >= 4 is 44.5 Å². The van der Waals surface area contributed by atoms with E-state index in [1.165, 1.54) is 0 Å². The fraction of sp³-hybridized carbons (Fsp3) is 0.100. The van der Waals surface area contributed by atoms with Crippen LogP contribution in [0.15, 0.2) is 59.7 Å². The minimum absolute atomic E-state index is 0.734. The van der Waals surface area contributed by atoms with E-state index in [4.69, 9.17) is 11.6 Å². The van der Waals surface area contributed by atoms with Gasteiger partial charge in [0.1, 0.15) is 0 Å². The first-order valence-electron chi connectivity index (χ1n) is 8.21. The Labute approximate surface area is 160 Å². The molecular formula is C20H17ClN4S. The largest absolute Gasteiger partial charge is 0.318 e. The van der Waals surface area contributed by atoms with E-state index in [1.807, 2.05) is 48.7 Å². The second-order valence-electron chi connectivity index (χ2n) is 6.00. The summed E-state index contributed by atoms with van der Waals surface area (Å²) in [7, 11) is 0. The van der Waals surface area contributed by atoms with Crippen molar-refractivity contribution in [3.05, 3.63) is 76.6 Å². The molecule has 26 heavy (non-hydrogen) atoms. The lowest BCUT2D eigenvalue weighted by atomic mass is 10.2. The maximum absolute atomic E-state index is 6.00. The van der Waals surface area contributed by atoms with E-state index in [2.05, 4.69) is 46.1 Å². The van der Waals surface area contributed by atoms with Crippen LogP contribution in [0, 0.1) is 13.8 Å². The molecule has 0 spiro atoms. The number of para-hydroxylation sites is 1. The van der Waals surface area contributed by atoms with E-state index in [0.29, 0.717) is 0 Å². The number of aromatic nitrogens is 2. The second kappa shape index (κ2) is 6.94. The Morgan fingerprint density at radius 1 is 1.12 bits per heavy atom. The number of anilines is 1. The van der Waals surface area contributed by atoms with Gasteiger partial charge < -0.3 is 4.57 Å². The molecule has 0 saturated carbocycles. The Balaban J connectivity index is 1.57. The van der Waals surface area contributed by atoms with E-state index in [1.54, 1.807) is 11.3 Å². The van der Waals surface area contributed by atoms with Crippen LogP contribution in [0.2, 0.25) is 5.02 Å². The van der Waals surface area contributed by atoms with Crippen molar-refractivity contribution < 1.29 is 0 Å². The number of halogens is 1. The molecule has 0 radical (unpaired) electrons. The molecule has 2 aromatic heterocycles. The molecule has 1 N–H and O–H groups in total. The van der Waals surface area contributed by atoms with Crippen LogP contribution in [0.3, 0.4) is 0 Å². The molecule has 6 heteroatoms. The van der Waals surface area contributed by atoms with Crippen molar-refractivity contribution in [2.24, 2.45) is 5.10 Å². The Morgan fingerprint density at radius 3 is 2.65 bits per heavy atom. The summed E-state index contributed by atoms with van der Waals surface area (Å²) < 4.78 is 3.33. The Kier molecular flexibility index (Phi) is 4.49. The third-order valence-corrected chi connectivity index (χ3v) is 5.41. The number of hydrogen-bond acceptors (Lipinski definition) is 4. The molecule has 4 nitrogen and oxygen atoms in total. The molecule has 2 heterocycles. The summed E-state index contributed by atoms with van der Waals surface area (Å²) in [5, 5.41) is 5.89. The van der Waals surface area contributed by atoms with Gasteiger partial charge in [0, 0.05) is 27.7 Å². The van der Waals surface area contributed by atoms with Crippen LogP contribution in [0.5, 0.6) is 0 Å². The van der Waals surface area contributed by atoms with E-state index in [0.717, 1.165) is 43.0 Å². The van der Waals surface area contributed by atoms with Crippen LogP contribution in [0.4, 0.5) is 5.13 Å². The minimum Gasteiger partial charge on any atom is -0.318 e. The molecular weight excluding hydrogens is 364 g/mol. The second-order valence-corrected chi connectivity index (χ2v) is 7.46. The predicted octanol–water partition coefficient (Wildman–Crippen LogP) is 5.80. The fourth-order valence-corrected chi connectivity index (χ4v) is 3.92. The van der Waals surface area contributed by atoms with Crippen LogP contribution >= 0.6 is 22.9 Å². The first-order chi connectivity index (χ1) is 12.6. The van der Waals surface area contributed by atoms with Crippen molar-refractivity contribution in [2.45, 2.75) is 13.8 Å². The predicted molar refractivity (Wildman–Crippen MR) is 111 cm³/mol. The van der Waals surface area contributed by atoms with Crippen LogP contribution in [-0.2, 0) is 0 Å². The van der Waals surface area contributed by atoms with E-state index < -0.39 is 0 Å². The van der Waals surface area contributed by atoms with Gasteiger partial charge in [-0.05, 0) is 56.3 Å². The van der Waals surface area contributed by atoms with Crippen molar-refractivity contribution in [2.75, 3.05) is 5.43 Å². The lowest BCUT2D eigenvalue weighted by Crippen LogP contribution is -1.99. The standard InChI is InChI=1S/C20H17ClN4S/c1-13-11-15(14(2)25(13)17-9-7-16(21)8-10-17)12-22-24-20-23-18-5-3-4-6-19(18)26-20/h3-12H,1-2H3,(H,23,24)/b22-12+. The molecule has 0 bridgehead atoms. The highest BCUT2D eigenvalue weighted by Gasteiger charge is 2.09. The van der Waals surface area contributed by atoms with Gasteiger partial charge in [0.2, 0.25) is 5.13 Å². The lowest BCUT2D eigenvalue weighted by molar-refractivity contribution is 0.965. The zero-order valence-electron chi connectivity index (χ0n) is 14.4. The number of rotatable bonds is 4. The number of benzene rings is 2. The third kappa shape index (κ3) is 3.23. The first kappa shape index (κ1) is 16.8. The fourth-order valence-electron chi connectivity index (χ4n) is 2.98. The van der Waals surface area contributed by atoms with Gasteiger partial charge in [-0.15, -0.1) is 0 Å². The number of hydrazone groups is 1. The summed E-state index contributed by atoms with van der Waals surface area (Å²) in [6.45, 7) is 4.17. The number of nitrogens with zero attached hydrogens (tertiary/aromatic N) is 3. The smallest absolute Gasteiger partial charge is 0.204 e. The SMILES string of the molecule is Cc1cc(/C=N/Nc2nc3ccccc3s2)c(C)n1-c1ccc(Cl)cc1. The summed E-state index contributed by atoms with van der Waals surface area (Å²) in [6, 6.07) is 18.0. The van der Waals surface area contributed by atoms with E-state index in [9.17, 15) is 0 Å². The molecule has 0 aliphatic carbocycles. The average molecular weight is 381 g/mol. The topological polar surface area (TPSA) is 42.2 Å². The van der Waals surface area contributed by atoms with Gasteiger partial charge in [0.25, 0.3) is 0 Å². The van der Waals surface area contributed by atoms with Crippen LogP contribution in [0.25, 0.3) is 15.9 Å². The van der Waals surface area contributed by atoms with Crippen LogP contribution in [-0.4, -0.2) is 15.8 Å². The van der Waals surface area contributed by atoms with E-state index in [-0.39, 0.29) is 0 Å². The van der Waals surface area contributed by atoms with Gasteiger partial charge in [-0.1, -0.05) is 35.1 Å². The Hall–Kier alpha value is -2.63. The highest BCUT2D eigenvalue weighted by atomic mass is 35.5. The maximum Gasteiger partial charge on any atom is 0.204 e. The van der Waals surface area contributed by atoms with Gasteiger partial charge in [-0.25, -0.2) is 4.98 Å². The monoisotopic (exact) mass is 380 g/mol. The van der Waals surface area contributed by atoms with Crippen molar-refractivity contribution in [1.29, 1.82) is 0 Å². The third-order valence-electron chi connectivity index (χ3n) is 4.21. The first-order valence-corrected chi connectivity index (χ1v) is 9.41. The summed E-state index contributed by atoms with van der Waals surface area (Å²) in [5.74, 6) is 0. The molecule has 130 valence electrons. The van der Waals surface area contributed by atoms with Crippen LogP contribution in [0.1, 0.15) is 17.0 Å². The number of nitrogens with one attached hydrogen (secondary N) is 1. The maximum atomic E-state index is 6.00. The molecule has 0 amide bonds. The summed E-state index contributed by atoms with van der Waals surface area (Å²) in [4.78, 5) is 4.52. The molecule has 0 unspecified atom stereocenters. The summed E-state index contributed by atoms with van der Waals surface area (Å²) in [5.41, 5.74) is 8.44. The molecule has 0 saturated heterocycles. The quantitative estimate of drug-likeness (QED) is 0.359. The zero-order chi connectivity index (χ0) is 18.1. The lowest BCUT2D eigenvalue weighted by Gasteiger charge is -2.09.